The predicted octanol–water partition coefficient (Wildman–Crippen LogP) is 7.50. The van der Waals surface area contributed by atoms with Gasteiger partial charge in [0.05, 0.1) is 28.3 Å². The first-order chi connectivity index (χ1) is 27.2. The van der Waals surface area contributed by atoms with Crippen LogP contribution in [0.3, 0.4) is 0 Å². The molecule has 1 aromatic carbocycles. The third-order valence-electron chi connectivity index (χ3n) is 16.6. The van der Waals surface area contributed by atoms with Crippen LogP contribution in [0, 0.1) is 61.9 Å². The SMILES string of the molecule is C[C@H]1[C@H](C)CC[C@]2(C(=O)O)CC[C@]3(C)C(=CC[C@@H]4[C@@]5(C)CC[C@H](OC(=O)CCC(=O)OCCOc6no[n+]([O-])c6S(=O)(=O)c6ccccc6)C(C)(C)[C@@H]5CC[C@]43C)[C@H]12. The Bertz CT molecular complexity index is 2060. The van der Waals surface area contributed by atoms with Gasteiger partial charge in [-0.1, -0.05) is 78.3 Å². The van der Waals surface area contributed by atoms with Crippen molar-refractivity contribution in [2.45, 2.75) is 135 Å². The molecule has 2 aromatic rings. The molecule has 0 bridgehead atoms. The second kappa shape index (κ2) is 15.0. The molecule has 7 rings (SSSR count). The van der Waals surface area contributed by atoms with Crippen molar-refractivity contribution < 1.29 is 51.7 Å². The van der Waals surface area contributed by atoms with Crippen molar-refractivity contribution >= 4 is 27.7 Å². The van der Waals surface area contributed by atoms with Crippen molar-refractivity contribution in [1.29, 1.82) is 0 Å². The number of carboxylic acid groups (broad SMARTS) is 1. The lowest BCUT2D eigenvalue weighted by atomic mass is 9.33. The Kier molecular flexibility index (Phi) is 10.9. The van der Waals surface area contributed by atoms with E-state index in [2.05, 4.69) is 64.3 Å². The average Bonchev–Trinajstić information content (AvgIpc) is 3.56. The number of carbonyl (C=O) groups is 3. The highest BCUT2D eigenvalue weighted by Crippen LogP contribution is 2.76. The molecule has 4 fully saturated rings. The number of aromatic nitrogens is 2. The Morgan fingerprint density at radius 1 is 0.914 bits per heavy atom. The zero-order valence-corrected chi connectivity index (χ0v) is 35.8. The van der Waals surface area contributed by atoms with Gasteiger partial charge in [-0.2, -0.15) is 0 Å². The van der Waals surface area contributed by atoms with Gasteiger partial charge >= 0.3 is 28.8 Å². The van der Waals surface area contributed by atoms with E-state index in [1.165, 1.54) is 29.8 Å². The van der Waals surface area contributed by atoms with Crippen LogP contribution in [0.15, 0.2) is 56.5 Å². The number of esters is 2. The number of benzene rings is 1. The third kappa shape index (κ3) is 6.54. The Labute approximate surface area is 341 Å². The lowest BCUT2D eigenvalue weighted by Crippen LogP contribution is -2.65. The quantitative estimate of drug-likeness (QED) is 0.102. The van der Waals surface area contributed by atoms with E-state index in [0.29, 0.717) is 23.7 Å². The van der Waals surface area contributed by atoms with E-state index in [9.17, 15) is 33.1 Å². The lowest BCUT2D eigenvalue weighted by molar-refractivity contribution is -0.832. The van der Waals surface area contributed by atoms with Crippen molar-refractivity contribution in [2.75, 3.05) is 13.2 Å². The smallest absolute Gasteiger partial charge is 0.415 e. The van der Waals surface area contributed by atoms with Crippen LogP contribution in [0.4, 0.5) is 0 Å². The number of ether oxygens (including phenoxy) is 3. The fourth-order valence-corrected chi connectivity index (χ4v) is 14.4. The third-order valence-corrected chi connectivity index (χ3v) is 18.3. The highest BCUT2D eigenvalue weighted by Gasteiger charge is 2.69. The fourth-order valence-electron chi connectivity index (χ4n) is 13.1. The summed E-state index contributed by atoms with van der Waals surface area (Å²) in [6.07, 6.45) is 9.82. The van der Waals surface area contributed by atoms with Crippen molar-refractivity contribution in [3.05, 3.63) is 47.2 Å². The summed E-state index contributed by atoms with van der Waals surface area (Å²) in [6, 6.07) is 7.29. The Morgan fingerprint density at radius 3 is 2.33 bits per heavy atom. The first-order valence-electron chi connectivity index (χ1n) is 21.1. The molecule has 4 saturated carbocycles. The predicted molar refractivity (Wildman–Crippen MR) is 210 cm³/mol. The number of nitrogens with zero attached hydrogens (tertiary/aromatic N) is 2. The number of rotatable bonds is 11. The van der Waals surface area contributed by atoms with E-state index in [4.69, 9.17) is 14.2 Å². The summed E-state index contributed by atoms with van der Waals surface area (Å²) in [7, 11) is -4.29. The topological polar surface area (TPSA) is 186 Å². The summed E-state index contributed by atoms with van der Waals surface area (Å²) >= 11 is 0. The molecule has 1 aromatic heterocycles. The largest absolute Gasteiger partial charge is 0.481 e. The maximum atomic E-state index is 13.2. The molecule has 13 nitrogen and oxygen atoms in total. The van der Waals surface area contributed by atoms with Gasteiger partial charge < -0.3 is 24.5 Å². The molecule has 0 unspecified atom stereocenters. The average molecular weight is 825 g/mol. The van der Waals surface area contributed by atoms with Crippen LogP contribution >= 0.6 is 0 Å². The molecule has 0 aliphatic heterocycles. The molecule has 5 aliphatic carbocycles. The summed E-state index contributed by atoms with van der Waals surface area (Å²) in [5, 5.41) is 25.4. The number of sulfone groups is 1. The van der Waals surface area contributed by atoms with Crippen LogP contribution in [0.2, 0.25) is 0 Å². The van der Waals surface area contributed by atoms with E-state index in [1.807, 2.05) is 0 Å². The van der Waals surface area contributed by atoms with E-state index in [0.717, 1.165) is 57.8 Å². The van der Waals surface area contributed by atoms with E-state index in [1.54, 1.807) is 6.07 Å². The van der Waals surface area contributed by atoms with E-state index in [-0.39, 0.29) is 69.5 Å². The molecule has 318 valence electrons. The number of fused-ring (bicyclic) bond motifs is 7. The van der Waals surface area contributed by atoms with Crippen molar-refractivity contribution in [1.82, 2.24) is 5.16 Å². The van der Waals surface area contributed by atoms with Gasteiger partial charge in [0.15, 0.2) is 0 Å². The van der Waals surface area contributed by atoms with Gasteiger partial charge in [-0.25, -0.2) is 8.42 Å². The van der Waals surface area contributed by atoms with Gasteiger partial charge in [0.25, 0.3) is 9.84 Å². The molecule has 1 N–H and O–H groups in total. The van der Waals surface area contributed by atoms with Crippen molar-refractivity contribution in [3.8, 4) is 5.88 Å². The first-order valence-corrected chi connectivity index (χ1v) is 22.5. The highest BCUT2D eigenvalue weighted by molar-refractivity contribution is 7.91. The van der Waals surface area contributed by atoms with Gasteiger partial charge in [-0.05, 0) is 121 Å². The molecular formula is C44H60N2O11S. The van der Waals surface area contributed by atoms with Gasteiger partial charge in [0, 0.05) is 5.41 Å². The minimum atomic E-state index is -4.29. The maximum Gasteiger partial charge on any atom is 0.415 e. The molecule has 0 amide bonds. The molecule has 10 atom stereocenters. The molecule has 1 heterocycles. The van der Waals surface area contributed by atoms with Crippen LogP contribution in [0.1, 0.15) is 119 Å². The standard InChI is InChI=1S/C44H60N2O11S/c1-27-17-22-44(39(49)50)24-23-42(6)30(36(44)28(27)2)13-14-32-41(5)20-19-33(40(3,4)31(41)18-21-43(32,42)7)56-35(48)16-15-34(47)54-25-26-55-37-38(46(51)57-45-37)58(52,53)29-11-9-8-10-12-29/h8-13,27-28,31-33,36H,14-26H2,1-7H3,(H,49,50)/t27-,28+,31+,32-,33+,36+,41+,42-,43-,44+/m1/s1. The molecule has 0 radical (unpaired) electrons. The number of hydrogen-bond acceptors (Lipinski definition) is 11. The number of carboxylic acids is 1. The second-order valence-corrected chi connectivity index (χ2v) is 21.2. The fraction of sp³-hybridized carbons (Fsp3) is 0.705. The Morgan fingerprint density at radius 2 is 1.62 bits per heavy atom. The summed E-state index contributed by atoms with van der Waals surface area (Å²) in [5.74, 6) is -0.680. The molecule has 0 spiro atoms. The van der Waals surface area contributed by atoms with Gasteiger partial charge in [0.1, 0.15) is 19.3 Å². The van der Waals surface area contributed by atoms with Crippen LogP contribution in [-0.4, -0.2) is 55.9 Å². The van der Waals surface area contributed by atoms with E-state index >= 15 is 0 Å². The summed E-state index contributed by atoms with van der Waals surface area (Å²) < 4.78 is 47.1. The molecule has 14 heteroatoms. The van der Waals surface area contributed by atoms with Gasteiger partial charge in [-0.3, -0.25) is 19.0 Å². The molecular weight excluding hydrogens is 765 g/mol. The molecule has 0 saturated heterocycles. The monoisotopic (exact) mass is 824 g/mol. The number of hydrogen-bond donors (Lipinski definition) is 1. The number of aliphatic carboxylic acids is 1. The zero-order chi connectivity index (χ0) is 42.1. The summed E-state index contributed by atoms with van der Waals surface area (Å²) in [4.78, 5) is 38.4. The maximum absolute atomic E-state index is 13.2. The Hall–Kier alpha value is -3.94. The Balaban J connectivity index is 0.946. The minimum absolute atomic E-state index is 0.00948. The van der Waals surface area contributed by atoms with Crippen molar-refractivity contribution in [3.63, 3.8) is 0 Å². The highest BCUT2D eigenvalue weighted by atomic mass is 32.2. The number of allylic oxidation sites excluding steroid dienone is 2. The van der Waals surface area contributed by atoms with Crippen LogP contribution < -0.4 is 9.64 Å². The molecule has 5 aliphatic rings. The van der Waals surface area contributed by atoms with E-state index < -0.39 is 44.1 Å². The zero-order valence-electron chi connectivity index (χ0n) is 35.0. The normalized spacial score (nSPS) is 36.5. The summed E-state index contributed by atoms with van der Waals surface area (Å²) in [6.45, 7) is 15.9. The second-order valence-electron chi connectivity index (χ2n) is 19.4. The van der Waals surface area contributed by atoms with Crippen molar-refractivity contribution in [2.24, 2.45) is 56.7 Å². The number of carbonyl (C=O) groups excluding carboxylic acids is 2. The first kappa shape index (κ1) is 42.2. The van der Waals surface area contributed by atoms with Gasteiger partial charge in [0.2, 0.25) is 0 Å². The van der Waals surface area contributed by atoms with Crippen LogP contribution in [-0.2, 0) is 33.7 Å². The summed E-state index contributed by atoms with van der Waals surface area (Å²) in [5.41, 5.74) is 0.404. The van der Waals surface area contributed by atoms with Gasteiger partial charge in [-0.15, -0.1) is 0 Å². The minimum Gasteiger partial charge on any atom is -0.481 e. The van der Waals surface area contributed by atoms with Crippen LogP contribution in [0.5, 0.6) is 5.88 Å². The molecule has 58 heavy (non-hydrogen) atoms. The van der Waals surface area contributed by atoms with Crippen LogP contribution in [0.25, 0.3) is 0 Å². The lowest BCUT2D eigenvalue weighted by Gasteiger charge is -2.71.